The lowest BCUT2D eigenvalue weighted by atomic mass is 10.1. The summed E-state index contributed by atoms with van der Waals surface area (Å²) in [6, 6.07) is 0. The lowest BCUT2D eigenvalue weighted by molar-refractivity contribution is -0.148. The van der Waals surface area contributed by atoms with Crippen molar-refractivity contribution < 1.29 is 28.5 Å². The van der Waals surface area contributed by atoms with Crippen LogP contribution in [-0.2, 0) is 23.7 Å². The molecule has 2 rings (SSSR count). The van der Waals surface area contributed by atoms with Gasteiger partial charge < -0.3 is 23.7 Å². The summed E-state index contributed by atoms with van der Waals surface area (Å²) in [4.78, 5) is 11.2. The maximum atomic E-state index is 11.2. The molecule has 1 saturated heterocycles. The first-order chi connectivity index (χ1) is 9.24. The number of fused-ring (bicyclic) bond motifs is 1. The Morgan fingerprint density at radius 2 is 1.95 bits per heavy atom. The molecule has 0 aliphatic carbocycles. The molecule has 112 valence electrons. The molecule has 10 heteroatoms. The molecule has 0 amide bonds. The minimum atomic E-state index is -2.05. The van der Waals surface area contributed by atoms with Crippen molar-refractivity contribution in [3.05, 3.63) is 11.5 Å². The molecule has 7 nitrogen and oxygen atoms in total. The van der Waals surface area contributed by atoms with E-state index < -0.39 is 34.3 Å². The molecule has 1 fully saturated rings. The summed E-state index contributed by atoms with van der Waals surface area (Å²) in [5.74, 6) is -0.0573. The van der Waals surface area contributed by atoms with Gasteiger partial charge in [-0.25, -0.2) is 4.79 Å². The molecule has 3 unspecified atom stereocenters. The number of allylic oxidation sites excluding steroid dienone is 1. The third-order valence-corrected chi connectivity index (χ3v) is 3.15. The Balaban J connectivity index is 2.22. The first kappa shape index (κ1) is 15.3. The zero-order valence-electron chi connectivity index (χ0n) is 10.3. The van der Waals surface area contributed by atoms with Gasteiger partial charge in [-0.1, -0.05) is 34.8 Å². The van der Waals surface area contributed by atoms with E-state index in [1.165, 1.54) is 7.11 Å². The van der Waals surface area contributed by atoms with Crippen molar-refractivity contribution in [2.24, 2.45) is 0 Å². The first-order valence-corrected chi connectivity index (χ1v) is 6.48. The van der Waals surface area contributed by atoms with Crippen LogP contribution in [0, 0.1) is 5.41 Å². The second kappa shape index (κ2) is 5.38. The summed E-state index contributed by atoms with van der Waals surface area (Å²) in [5, 5.41) is 7.51. The number of ether oxygens (including phenoxy) is 5. The minimum absolute atomic E-state index is 0.293. The van der Waals surface area contributed by atoms with Gasteiger partial charge in [0.15, 0.2) is 5.76 Å². The van der Waals surface area contributed by atoms with Crippen LogP contribution in [0.2, 0.25) is 0 Å². The van der Waals surface area contributed by atoms with Gasteiger partial charge in [0, 0.05) is 0 Å². The molecule has 0 aromatic rings. The van der Waals surface area contributed by atoms with E-state index in [0.29, 0.717) is 11.5 Å². The Bertz CT molecular complexity index is 474. The van der Waals surface area contributed by atoms with Crippen LogP contribution in [0.15, 0.2) is 11.5 Å². The van der Waals surface area contributed by atoms with Crippen molar-refractivity contribution in [2.75, 3.05) is 7.11 Å². The zero-order chi connectivity index (χ0) is 15.1. The quantitative estimate of drug-likeness (QED) is 0.358. The summed E-state index contributed by atoms with van der Waals surface area (Å²) in [6.45, 7) is 1.58. The summed E-state index contributed by atoms with van der Waals surface area (Å²) < 4.78 is 23.4. The third-order valence-electron chi connectivity index (χ3n) is 2.63. The highest BCUT2D eigenvalue weighted by Crippen LogP contribution is 2.36. The molecule has 3 atom stereocenters. The fourth-order valence-electron chi connectivity index (χ4n) is 1.81. The van der Waals surface area contributed by atoms with Crippen LogP contribution in [-0.4, -0.2) is 41.5 Å². The fourth-order valence-corrected chi connectivity index (χ4v) is 1.94. The van der Waals surface area contributed by atoms with Crippen molar-refractivity contribution >= 4 is 46.9 Å². The van der Waals surface area contributed by atoms with Gasteiger partial charge in [-0.15, -0.1) is 0 Å². The summed E-state index contributed by atoms with van der Waals surface area (Å²) in [6.07, 6.45) is -3.88. The average Bonchev–Trinajstić information content (AvgIpc) is 2.70. The molecular weight excluding hydrogens is 336 g/mol. The third kappa shape index (κ3) is 2.84. The summed E-state index contributed by atoms with van der Waals surface area (Å²) in [5.41, 5.74) is 0. The van der Waals surface area contributed by atoms with Gasteiger partial charge in [0.05, 0.1) is 7.11 Å². The second-order valence-electron chi connectivity index (χ2n) is 3.93. The highest BCUT2D eigenvalue weighted by Gasteiger charge is 2.52. The van der Waals surface area contributed by atoms with E-state index >= 15 is 0 Å². The van der Waals surface area contributed by atoms with E-state index in [4.69, 9.17) is 63.9 Å². The molecule has 0 aromatic heterocycles. The second-order valence-corrected chi connectivity index (χ2v) is 6.21. The number of carbonyl (C=O) groups is 1. The highest BCUT2D eigenvalue weighted by molar-refractivity contribution is 6.76. The van der Waals surface area contributed by atoms with E-state index in [9.17, 15) is 4.79 Å². The Hall–Kier alpha value is -1.05. The van der Waals surface area contributed by atoms with Crippen LogP contribution in [0.3, 0.4) is 0 Å². The first-order valence-electron chi connectivity index (χ1n) is 5.35. The van der Waals surface area contributed by atoms with Crippen LogP contribution in [0.4, 0.5) is 4.79 Å². The van der Waals surface area contributed by atoms with Crippen molar-refractivity contribution in [3.63, 3.8) is 0 Å². The Morgan fingerprint density at radius 3 is 2.50 bits per heavy atom. The molecule has 0 saturated carbocycles. The largest absolute Gasteiger partial charge is 0.509 e. The van der Waals surface area contributed by atoms with Crippen LogP contribution in [0.25, 0.3) is 0 Å². The van der Waals surface area contributed by atoms with Crippen molar-refractivity contribution in [1.29, 1.82) is 5.41 Å². The molecule has 2 aliphatic heterocycles. The topological polar surface area (TPSA) is 87.1 Å². The maximum Gasteiger partial charge on any atom is 0.509 e. The Labute approximate surface area is 129 Å². The fraction of sp³-hybridized carbons (Fsp3) is 0.600. The summed E-state index contributed by atoms with van der Waals surface area (Å²) in [7, 11) is 1.40. The lowest BCUT2D eigenvalue weighted by Gasteiger charge is -2.32. The van der Waals surface area contributed by atoms with E-state index in [0.717, 1.165) is 0 Å². The van der Waals surface area contributed by atoms with Crippen LogP contribution in [0.5, 0.6) is 0 Å². The van der Waals surface area contributed by atoms with E-state index in [1.54, 1.807) is 6.92 Å². The van der Waals surface area contributed by atoms with Gasteiger partial charge in [0.2, 0.25) is 18.1 Å². The number of hydrogen-bond acceptors (Lipinski definition) is 7. The molecule has 2 heterocycles. The molecule has 0 bridgehead atoms. The normalized spacial score (nSPS) is 29.1. The van der Waals surface area contributed by atoms with Crippen LogP contribution < -0.4 is 0 Å². The minimum Gasteiger partial charge on any atom is -0.494 e. The van der Waals surface area contributed by atoms with E-state index in [1.807, 2.05) is 0 Å². The van der Waals surface area contributed by atoms with Gasteiger partial charge in [-0.05, 0) is 6.92 Å². The molecule has 1 N–H and O–H groups in total. The van der Waals surface area contributed by atoms with Gasteiger partial charge in [0.25, 0.3) is 10.1 Å². The van der Waals surface area contributed by atoms with Gasteiger partial charge in [-0.3, -0.25) is 5.41 Å². The number of hydrogen-bond donors (Lipinski definition) is 1. The number of halogens is 3. The number of methoxy groups -OCH3 is 1. The van der Waals surface area contributed by atoms with Crippen LogP contribution >= 0.6 is 34.8 Å². The zero-order valence-corrected chi connectivity index (χ0v) is 12.6. The van der Waals surface area contributed by atoms with E-state index in [-0.39, 0.29) is 0 Å². The van der Waals surface area contributed by atoms with Gasteiger partial charge in [0.1, 0.15) is 5.76 Å². The monoisotopic (exact) mass is 345 g/mol. The molecule has 0 aromatic carbocycles. The average molecular weight is 347 g/mol. The molecule has 2 aliphatic rings. The predicted molar refractivity (Wildman–Crippen MR) is 68.8 cm³/mol. The van der Waals surface area contributed by atoms with Crippen molar-refractivity contribution in [2.45, 2.75) is 29.2 Å². The Kier molecular flexibility index (Phi) is 4.13. The lowest BCUT2D eigenvalue weighted by Crippen LogP contribution is -2.46. The number of carbonyl (C=O) groups excluding carboxylic acids is 1. The highest BCUT2D eigenvalue weighted by atomic mass is 35.6. The molecule has 0 spiro atoms. The molecule has 20 heavy (non-hydrogen) atoms. The predicted octanol–water partition coefficient (Wildman–Crippen LogP) is 2.49. The van der Waals surface area contributed by atoms with Crippen molar-refractivity contribution in [1.82, 2.24) is 0 Å². The summed E-state index contributed by atoms with van der Waals surface area (Å²) >= 11 is 16.6. The van der Waals surface area contributed by atoms with Crippen LogP contribution in [0.1, 0.15) is 6.92 Å². The van der Waals surface area contributed by atoms with Crippen molar-refractivity contribution in [3.8, 4) is 0 Å². The molecular formula is C10H10Cl3NO6. The number of alkyl halides is 3. The SMILES string of the molecule is COC1=C(C)OC(OC(=N)C(Cl)(Cl)Cl)C2OC(=O)OC12. The number of nitrogens with one attached hydrogen (secondary N) is 1. The maximum absolute atomic E-state index is 11.2. The Morgan fingerprint density at radius 1 is 1.30 bits per heavy atom. The van der Waals surface area contributed by atoms with E-state index in [2.05, 4.69) is 0 Å². The number of rotatable bonds is 2. The standard InChI is InChI=1S/C10H10Cl3NO6/c1-3-4(16-2)5-6(19-9(15)18-5)7(17-3)20-8(14)10(11,12)13/h5-7,14H,1-2H3. The van der Waals surface area contributed by atoms with Gasteiger partial charge in [-0.2, -0.15) is 0 Å². The van der Waals surface area contributed by atoms with Gasteiger partial charge >= 0.3 is 6.16 Å². The molecule has 0 radical (unpaired) electrons. The smallest absolute Gasteiger partial charge is 0.494 e.